The molecule has 3 N–H and O–H groups in total. The van der Waals surface area contributed by atoms with Gasteiger partial charge in [-0.15, -0.1) is 0 Å². The average molecular weight is 225 g/mol. The summed E-state index contributed by atoms with van der Waals surface area (Å²) in [5.41, 5.74) is 7.20. The standard InChI is InChI=1S/C11H19N3O2/c1-6(2)9(5-12)10(15)13-11-7(3)8(4)14-16-11/h6,9H,5,12H2,1-4H3,(H,13,15). The largest absolute Gasteiger partial charge is 0.338 e. The molecular weight excluding hydrogens is 206 g/mol. The molecule has 0 aliphatic heterocycles. The van der Waals surface area contributed by atoms with Crippen molar-refractivity contribution in [3.05, 3.63) is 11.3 Å². The van der Waals surface area contributed by atoms with Gasteiger partial charge in [-0.2, -0.15) is 0 Å². The van der Waals surface area contributed by atoms with E-state index in [1.807, 2.05) is 27.7 Å². The van der Waals surface area contributed by atoms with Crippen LogP contribution in [0.15, 0.2) is 4.52 Å². The van der Waals surface area contributed by atoms with E-state index >= 15 is 0 Å². The minimum absolute atomic E-state index is 0.114. The Morgan fingerprint density at radius 1 is 1.50 bits per heavy atom. The lowest BCUT2D eigenvalue weighted by Crippen LogP contribution is -2.33. The molecule has 5 heteroatoms. The van der Waals surface area contributed by atoms with Gasteiger partial charge in [-0.3, -0.25) is 10.1 Å². The van der Waals surface area contributed by atoms with Gasteiger partial charge < -0.3 is 10.3 Å². The summed E-state index contributed by atoms with van der Waals surface area (Å²) in [5, 5.41) is 6.49. The fraction of sp³-hybridized carbons (Fsp3) is 0.636. The van der Waals surface area contributed by atoms with Crippen LogP contribution in [-0.4, -0.2) is 17.6 Å². The number of nitrogens with one attached hydrogen (secondary N) is 1. The predicted molar refractivity (Wildman–Crippen MR) is 62.0 cm³/mol. The average Bonchev–Trinajstić information content (AvgIpc) is 2.50. The van der Waals surface area contributed by atoms with Crippen LogP contribution in [0.5, 0.6) is 0 Å². The van der Waals surface area contributed by atoms with Crippen molar-refractivity contribution < 1.29 is 9.32 Å². The summed E-state index contributed by atoms with van der Waals surface area (Å²) in [6.45, 7) is 7.95. The number of nitrogens with zero attached hydrogens (tertiary/aromatic N) is 1. The monoisotopic (exact) mass is 225 g/mol. The lowest BCUT2D eigenvalue weighted by Gasteiger charge is -2.17. The zero-order valence-electron chi connectivity index (χ0n) is 10.2. The fourth-order valence-electron chi connectivity index (χ4n) is 1.42. The Kier molecular flexibility index (Phi) is 4.06. The third kappa shape index (κ3) is 2.61. The summed E-state index contributed by atoms with van der Waals surface area (Å²) in [7, 11) is 0. The Balaban J connectivity index is 2.74. The molecule has 1 unspecified atom stereocenters. The molecule has 0 aliphatic rings. The molecule has 1 atom stereocenters. The van der Waals surface area contributed by atoms with E-state index in [0.29, 0.717) is 12.4 Å². The maximum absolute atomic E-state index is 11.9. The first-order valence-corrected chi connectivity index (χ1v) is 5.41. The molecule has 90 valence electrons. The highest BCUT2D eigenvalue weighted by Gasteiger charge is 2.22. The number of rotatable bonds is 4. The van der Waals surface area contributed by atoms with Gasteiger partial charge in [-0.05, 0) is 19.8 Å². The summed E-state index contributed by atoms with van der Waals surface area (Å²) in [4.78, 5) is 11.9. The summed E-state index contributed by atoms with van der Waals surface area (Å²) >= 11 is 0. The Bertz CT molecular complexity index is 371. The molecule has 0 spiro atoms. The summed E-state index contributed by atoms with van der Waals surface area (Å²) in [6, 6.07) is 0. The number of anilines is 1. The maximum atomic E-state index is 11.9. The lowest BCUT2D eigenvalue weighted by molar-refractivity contribution is -0.120. The maximum Gasteiger partial charge on any atom is 0.234 e. The number of hydrogen-bond acceptors (Lipinski definition) is 4. The zero-order chi connectivity index (χ0) is 12.3. The molecule has 5 nitrogen and oxygen atoms in total. The molecule has 1 aromatic heterocycles. The van der Waals surface area contributed by atoms with Gasteiger partial charge >= 0.3 is 0 Å². The molecule has 16 heavy (non-hydrogen) atoms. The molecule has 1 heterocycles. The van der Waals surface area contributed by atoms with Crippen molar-refractivity contribution in [2.24, 2.45) is 17.6 Å². The molecule has 0 radical (unpaired) electrons. The summed E-state index contributed by atoms with van der Waals surface area (Å²) < 4.78 is 5.02. The third-order valence-electron chi connectivity index (χ3n) is 2.79. The molecule has 0 aliphatic carbocycles. The fourth-order valence-corrected chi connectivity index (χ4v) is 1.42. The van der Waals surface area contributed by atoms with Gasteiger partial charge in [-0.25, -0.2) is 0 Å². The van der Waals surface area contributed by atoms with Crippen molar-refractivity contribution in [1.82, 2.24) is 5.16 Å². The van der Waals surface area contributed by atoms with Gasteiger partial charge in [0.15, 0.2) is 0 Å². The number of amides is 1. The van der Waals surface area contributed by atoms with Crippen molar-refractivity contribution in [2.75, 3.05) is 11.9 Å². The van der Waals surface area contributed by atoms with E-state index in [9.17, 15) is 4.79 Å². The molecule has 1 aromatic rings. The van der Waals surface area contributed by atoms with E-state index in [0.717, 1.165) is 11.3 Å². The van der Waals surface area contributed by atoms with Crippen LogP contribution < -0.4 is 11.1 Å². The third-order valence-corrected chi connectivity index (χ3v) is 2.79. The number of aryl methyl sites for hydroxylation is 1. The van der Waals surface area contributed by atoms with E-state index in [1.54, 1.807) is 0 Å². The van der Waals surface area contributed by atoms with Crippen LogP contribution >= 0.6 is 0 Å². The Morgan fingerprint density at radius 3 is 2.50 bits per heavy atom. The Morgan fingerprint density at radius 2 is 2.12 bits per heavy atom. The molecule has 0 bridgehead atoms. The molecule has 0 saturated heterocycles. The smallest absolute Gasteiger partial charge is 0.234 e. The Hall–Kier alpha value is -1.36. The molecule has 0 fully saturated rings. The molecule has 1 amide bonds. The van der Waals surface area contributed by atoms with Crippen molar-refractivity contribution in [2.45, 2.75) is 27.7 Å². The highest BCUT2D eigenvalue weighted by molar-refractivity contribution is 5.92. The first-order valence-electron chi connectivity index (χ1n) is 5.41. The van der Waals surface area contributed by atoms with Crippen LogP contribution in [0.25, 0.3) is 0 Å². The minimum atomic E-state index is -0.204. The van der Waals surface area contributed by atoms with Gasteiger partial charge in [0.05, 0.1) is 11.6 Å². The van der Waals surface area contributed by atoms with Crippen LogP contribution in [0.2, 0.25) is 0 Å². The Labute approximate surface area is 95.4 Å². The first kappa shape index (κ1) is 12.7. The second-order valence-corrected chi connectivity index (χ2v) is 4.30. The predicted octanol–water partition coefficient (Wildman–Crippen LogP) is 1.46. The van der Waals surface area contributed by atoms with E-state index in [4.69, 9.17) is 10.3 Å². The van der Waals surface area contributed by atoms with Crippen LogP contribution in [0.4, 0.5) is 5.88 Å². The summed E-state index contributed by atoms with van der Waals surface area (Å²) in [5.74, 6) is 0.303. The van der Waals surface area contributed by atoms with Gasteiger partial charge in [0.25, 0.3) is 0 Å². The van der Waals surface area contributed by atoms with Crippen LogP contribution in [0.1, 0.15) is 25.1 Å². The quantitative estimate of drug-likeness (QED) is 0.812. The highest BCUT2D eigenvalue weighted by atomic mass is 16.5. The molecule has 0 aromatic carbocycles. The van der Waals surface area contributed by atoms with Gasteiger partial charge in [0.1, 0.15) is 0 Å². The van der Waals surface area contributed by atoms with Crippen molar-refractivity contribution in [3.63, 3.8) is 0 Å². The van der Waals surface area contributed by atoms with Gasteiger partial charge in [-0.1, -0.05) is 19.0 Å². The number of carbonyl (C=O) groups excluding carboxylic acids is 1. The van der Waals surface area contributed by atoms with Crippen molar-refractivity contribution in [3.8, 4) is 0 Å². The van der Waals surface area contributed by atoms with Crippen molar-refractivity contribution >= 4 is 11.8 Å². The molecular formula is C11H19N3O2. The summed E-state index contributed by atoms with van der Waals surface area (Å²) in [6.07, 6.45) is 0. The van der Waals surface area contributed by atoms with Gasteiger partial charge in [0, 0.05) is 12.1 Å². The highest BCUT2D eigenvalue weighted by Crippen LogP contribution is 2.19. The van der Waals surface area contributed by atoms with E-state index in [-0.39, 0.29) is 17.7 Å². The van der Waals surface area contributed by atoms with Crippen molar-refractivity contribution in [1.29, 1.82) is 0 Å². The second-order valence-electron chi connectivity index (χ2n) is 4.30. The molecule has 1 rings (SSSR count). The van der Waals surface area contributed by atoms with E-state index < -0.39 is 0 Å². The van der Waals surface area contributed by atoms with Gasteiger partial charge in [0.2, 0.25) is 11.8 Å². The number of carbonyl (C=O) groups is 1. The van der Waals surface area contributed by atoms with E-state index in [1.165, 1.54) is 0 Å². The second kappa shape index (κ2) is 5.12. The number of hydrogen-bond donors (Lipinski definition) is 2. The van der Waals surface area contributed by atoms with Crippen LogP contribution in [0, 0.1) is 25.7 Å². The zero-order valence-corrected chi connectivity index (χ0v) is 10.2. The van der Waals surface area contributed by atoms with Crippen LogP contribution in [0.3, 0.4) is 0 Å². The SMILES string of the molecule is Cc1noc(NC(=O)C(CN)C(C)C)c1C. The number of nitrogens with two attached hydrogens (primary N) is 1. The lowest BCUT2D eigenvalue weighted by atomic mass is 9.95. The topological polar surface area (TPSA) is 81.2 Å². The van der Waals surface area contributed by atoms with Crippen LogP contribution in [-0.2, 0) is 4.79 Å². The first-order chi connectivity index (χ1) is 7.47. The minimum Gasteiger partial charge on any atom is -0.338 e. The number of aromatic nitrogens is 1. The van der Waals surface area contributed by atoms with E-state index in [2.05, 4.69) is 10.5 Å². The molecule has 0 saturated carbocycles. The normalized spacial score (nSPS) is 12.9.